The maximum atomic E-state index is 12.3. The fraction of sp³-hybridized carbons (Fsp3) is 0.333. The lowest BCUT2D eigenvalue weighted by molar-refractivity contribution is -0.0109. The maximum Gasteiger partial charge on any atom is 0.123 e. The van der Waals surface area contributed by atoms with E-state index in [-0.39, 0.29) is 0 Å². The molecule has 0 saturated heterocycles. The molecule has 0 aliphatic heterocycles. The minimum absolute atomic E-state index is 0.458. The Labute approximate surface area is 64.5 Å². The number of hydrogen-bond donors (Lipinski definition) is 1. The lowest BCUT2D eigenvalue weighted by atomic mass is 9.74. The van der Waals surface area contributed by atoms with Gasteiger partial charge in [0.1, 0.15) is 12.3 Å². The van der Waals surface area contributed by atoms with Gasteiger partial charge in [0, 0.05) is 6.42 Å². The third-order valence-electron chi connectivity index (χ3n) is 2.22. The smallest absolute Gasteiger partial charge is 0.123 e. The first-order valence-electron chi connectivity index (χ1n) is 3.63. The molecule has 1 aromatic carbocycles. The predicted octanol–water partition coefficient (Wildman–Crippen LogP) is 1.40. The molecule has 0 radical (unpaired) electrons. The van der Waals surface area contributed by atoms with Gasteiger partial charge in [-0.15, -0.1) is 0 Å². The van der Waals surface area contributed by atoms with Gasteiger partial charge in [0.05, 0.1) is 0 Å². The Morgan fingerprint density at radius 1 is 1.45 bits per heavy atom. The summed E-state index contributed by atoms with van der Waals surface area (Å²) in [4.78, 5) is 0. The Kier molecular flexibility index (Phi) is 1.26. The molecule has 1 nitrogen and oxygen atoms in total. The van der Waals surface area contributed by atoms with Crippen molar-refractivity contribution in [2.24, 2.45) is 0 Å². The lowest BCUT2D eigenvalue weighted by Crippen LogP contribution is -2.40. The van der Waals surface area contributed by atoms with Crippen LogP contribution in [-0.4, -0.2) is 11.8 Å². The summed E-state index contributed by atoms with van der Waals surface area (Å²) < 4.78 is 12.3. The highest BCUT2D eigenvalue weighted by Crippen LogP contribution is 2.38. The second-order valence-corrected chi connectivity index (χ2v) is 3.00. The molecule has 1 aromatic rings. The van der Waals surface area contributed by atoms with Gasteiger partial charge >= 0.3 is 0 Å². The van der Waals surface area contributed by atoms with Crippen LogP contribution in [0.2, 0.25) is 0 Å². The molecule has 1 aliphatic rings. The maximum absolute atomic E-state index is 12.3. The van der Waals surface area contributed by atoms with E-state index in [1.807, 2.05) is 18.2 Å². The number of benzene rings is 1. The molecule has 1 unspecified atom stereocenters. The quantitative estimate of drug-likeness (QED) is 0.645. The first-order chi connectivity index (χ1) is 5.26. The van der Waals surface area contributed by atoms with Crippen LogP contribution in [0.15, 0.2) is 24.3 Å². The molecule has 1 aliphatic carbocycles. The average Bonchev–Trinajstić information content (AvgIpc) is 2.02. The number of hydrogen-bond acceptors (Lipinski definition) is 1. The van der Waals surface area contributed by atoms with Crippen LogP contribution in [0.1, 0.15) is 11.1 Å². The van der Waals surface area contributed by atoms with E-state index in [0.717, 1.165) is 11.1 Å². The molecule has 0 amide bonds. The van der Waals surface area contributed by atoms with Crippen molar-refractivity contribution in [2.75, 3.05) is 6.67 Å². The summed E-state index contributed by atoms with van der Waals surface area (Å²) in [6, 6.07) is 7.41. The van der Waals surface area contributed by atoms with Gasteiger partial charge in [-0.2, -0.15) is 0 Å². The van der Waals surface area contributed by atoms with Crippen LogP contribution in [0.4, 0.5) is 4.39 Å². The van der Waals surface area contributed by atoms with Crippen molar-refractivity contribution < 1.29 is 9.50 Å². The summed E-state index contributed by atoms with van der Waals surface area (Å²) in [7, 11) is 0. The molecule has 2 heteroatoms. The Hall–Kier alpha value is -0.890. The SMILES string of the molecule is OC1(CF)Cc2ccccc21. The minimum atomic E-state index is -1.17. The largest absolute Gasteiger partial charge is 0.382 e. The number of halogens is 1. The van der Waals surface area contributed by atoms with E-state index in [1.165, 1.54) is 0 Å². The monoisotopic (exact) mass is 152 g/mol. The molecule has 1 atom stereocenters. The average molecular weight is 152 g/mol. The second kappa shape index (κ2) is 2.05. The molecular formula is C9H9FO. The third kappa shape index (κ3) is 0.792. The van der Waals surface area contributed by atoms with Gasteiger partial charge in [-0.25, -0.2) is 4.39 Å². The standard InChI is InChI=1S/C9H9FO/c10-6-9(11)5-7-3-1-2-4-8(7)9/h1-4,11H,5-6H2. The van der Waals surface area contributed by atoms with Crippen LogP contribution in [0.5, 0.6) is 0 Å². The number of aliphatic hydroxyl groups is 1. The Balaban J connectivity index is 2.43. The zero-order chi connectivity index (χ0) is 7.90. The van der Waals surface area contributed by atoms with Gasteiger partial charge in [0.15, 0.2) is 0 Å². The van der Waals surface area contributed by atoms with Gasteiger partial charge in [-0.05, 0) is 11.1 Å². The highest BCUT2D eigenvalue weighted by atomic mass is 19.1. The number of alkyl halides is 1. The Morgan fingerprint density at radius 2 is 2.18 bits per heavy atom. The van der Waals surface area contributed by atoms with Crippen LogP contribution < -0.4 is 0 Å². The molecule has 0 bridgehead atoms. The van der Waals surface area contributed by atoms with Gasteiger partial charge in [0.2, 0.25) is 0 Å². The van der Waals surface area contributed by atoms with Crippen molar-refractivity contribution in [3.05, 3.63) is 35.4 Å². The summed E-state index contributed by atoms with van der Waals surface area (Å²) in [5.41, 5.74) is 0.645. The van der Waals surface area contributed by atoms with E-state index in [0.29, 0.717) is 6.42 Å². The molecule has 11 heavy (non-hydrogen) atoms. The first-order valence-corrected chi connectivity index (χ1v) is 3.63. The van der Waals surface area contributed by atoms with Crippen LogP contribution in [0.25, 0.3) is 0 Å². The van der Waals surface area contributed by atoms with Crippen molar-refractivity contribution in [2.45, 2.75) is 12.0 Å². The number of rotatable bonds is 1. The van der Waals surface area contributed by atoms with E-state index in [4.69, 9.17) is 0 Å². The molecule has 0 fully saturated rings. The summed E-state index contributed by atoms with van der Waals surface area (Å²) in [5, 5.41) is 9.50. The van der Waals surface area contributed by atoms with Crippen LogP contribution in [0.3, 0.4) is 0 Å². The van der Waals surface area contributed by atoms with Crippen LogP contribution in [0, 0.1) is 0 Å². The third-order valence-corrected chi connectivity index (χ3v) is 2.22. The molecule has 0 aromatic heterocycles. The molecule has 0 spiro atoms. The van der Waals surface area contributed by atoms with E-state index in [9.17, 15) is 9.50 Å². The minimum Gasteiger partial charge on any atom is -0.382 e. The lowest BCUT2D eigenvalue weighted by Gasteiger charge is -2.36. The van der Waals surface area contributed by atoms with Crippen LogP contribution in [-0.2, 0) is 12.0 Å². The predicted molar refractivity (Wildman–Crippen MR) is 40.0 cm³/mol. The topological polar surface area (TPSA) is 20.2 Å². The molecule has 0 saturated carbocycles. The molecule has 0 heterocycles. The van der Waals surface area contributed by atoms with Gasteiger partial charge in [-0.3, -0.25) is 0 Å². The first kappa shape index (κ1) is 6.80. The summed E-state index contributed by atoms with van der Waals surface area (Å²) >= 11 is 0. The van der Waals surface area contributed by atoms with Gasteiger partial charge in [0.25, 0.3) is 0 Å². The van der Waals surface area contributed by atoms with Crippen molar-refractivity contribution in [1.29, 1.82) is 0 Å². The van der Waals surface area contributed by atoms with Crippen molar-refractivity contribution in [3.63, 3.8) is 0 Å². The van der Waals surface area contributed by atoms with Crippen molar-refractivity contribution >= 4 is 0 Å². The molecule has 58 valence electrons. The summed E-state index contributed by atoms with van der Waals surface area (Å²) in [5.74, 6) is 0. The van der Waals surface area contributed by atoms with E-state index in [1.54, 1.807) is 6.07 Å². The Morgan fingerprint density at radius 3 is 2.82 bits per heavy atom. The summed E-state index contributed by atoms with van der Waals surface area (Å²) in [6.45, 7) is -0.677. The zero-order valence-electron chi connectivity index (χ0n) is 6.05. The van der Waals surface area contributed by atoms with Crippen LogP contribution >= 0.6 is 0 Å². The zero-order valence-corrected chi connectivity index (χ0v) is 6.05. The second-order valence-electron chi connectivity index (χ2n) is 3.00. The summed E-state index contributed by atoms with van der Waals surface area (Å²) in [6.07, 6.45) is 0.458. The highest BCUT2D eigenvalue weighted by Gasteiger charge is 2.40. The fourth-order valence-electron chi connectivity index (χ4n) is 1.55. The highest BCUT2D eigenvalue weighted by molar-refractivity contribution is 5.42. The number of fused-ring (bicyclic) bond motifs is 1. The van der Waals surface area contributed by atoms with E-state index < -0.39 is 12.3 Å². The molecular weight excluding hydrogens is 143 g/mol. The van der Waals surface area contributed by atoms with E-state index >= 15 is 0 Å². The van der Waals surface area contributed by atoms with Crippen molar-refractivity contribution in [1.82, 2.24) is 0 Å². The van der Waals surface area contributed by atoms with Gasteiger partial charge < -0.3 is 5.11 Å². The Bertz CT molecular complexity index is 285. The fourth-order valence-corrected chi connectivity index (χ4v) is 1.55. The molecule has 2 rings (SSSR count). The molecule has 1 N–H and O–H groups in total. The van der Waals surface area contributed by atoms with E-state index in [2.05, 4.69) is 0 Å². The normalized spacial score (nSPS) is 27.5. The van der Waals surface area contributed by atoms with Gasteiger partial charge in [-0.1, -0.05) is 24.3 Å². The van der Waals surface area contributed by atoms with Crippen molar-refractivity contribution in [3.8, 4) is 0 Å².